The maximum absolute atomic E-state index is 4.26. The van der Waals surface area contributed by atoms with Gasteiger partial charge in [0.25, 0.3) is 0 Å². The van der Waals surface area contributed by atoms with Crippen molar-refractivity contribution in [1.29, 1.82) is 0 Å². The topological polar surface area (TPSA) is 28.2 Å². The van der Waals surface area contributed by atoms with Crippen molar-refractivity contribution in [3.8, 4) is 0 Å². The zero-order valence-corrected chi connectivity index (χ0v) is 12.2. The minimum Gasteiger partial charge on any atom is -0.376 e. The van der Waals surface area contributed by atoms with E-state index in [0.29, 0.717) is 6.04 Å². The van der Waals surface area contributed by atoms with Gasteiger partial charge in [-0.15, -0.1) is 11.3 Å². The van der Waals surface area contributed by atoms with Crippen molar-refractivity contribution in [3.05, 3.63) is 40.8 Å². The van der Waals surface area contributed by atoms with Gasteiger partial charge < -0.3 is 10.2 Å². The van der Waals surface area contributed by atoms with Gasteiger partial charge in [0, 0.05) is 25.2 Å². The molecule has 0 saturated heterocycles. The molecule has 2 heterocycles. The Bertz CT molecular complexity index is 532. The van der Waals surface area contributed by atoms with Crippen LogP contribution in [0, 0.1) is 5.92 Å². The fourth-order valence-corrected chi connectivity index (χ4v) is 3.24. The van der Waals surface area contributed by atoms with Crippen molar-refractivity contribution in [2.45, 2.75) is 18.9 Å². The van der Waals surface area contributed by atoms with E-state index in [1.165, 1.54) is 23.4 Å². The number of nitrogens with zero attached hydrogens (tertiary/aromatic N) is 2. The summed E-state index contributed by atoms with van der Waals surface area (Å²) < 4.78 is 0. The van der Waals surface area contributed by atoms with Gasteiger partial charge in [-0.25, -0.2) is 0 Å². The summed E-state index contributed by atoms with van der Waals surface area (Å²) in [6.07, 6.45) is 6.43. The molecular weight excluding hydrogens is 254 g/mol. The molecule has 0 spiro atoms. The molecular formula is C15H19N3S. The fourth-order valence-electron chi connectivity index (χ4n) is 2.37. The first kappa shape index (κ1) is 12.5. The lowest BCUT2D eigenvalue weighted by molar-refractivity contribution is 0.690. The molecule has 3 rings (SSSR count). The van der Waals surface area contributed by atoms with Crippen LogP contribution in [0.4, 0.5) is 11.4 Å². The average Bonchev–Trinajstić information content (AvgIpc) is 3.11. The summed E-state index contributed by atoms with van der Waals surface area (Å²) in [5.41, 5.74) is 2.31. The first-order chi connectivity index (χ1) is 9.25. The predicted octanol–water partition coefficient (Wildman–Crippen LogP) is 3.77. The molecule has 0 aromatic carbocycles. The van der Waals surface area contributed by atoms with Crippen LogP contribution in [-0.2, 0) is 0 Å². The molecule has 1 unspecified atom stereocenters. The molecule has 2 aromatic rings. The van der Waals surface area contributed by atoms with Gasteiger partial charge in [0.05, 0.1) is 23.6 Å². The summed E-state index contributed by atoms with van der Waals surface area (Å²) in [6, 6.07) is 6.85. The smallest absolute Gasteiger partial charge is 0.0769 e. The summed E-state index contributed by atoms with van der Waals surface area (Å²) in [7, 11) is 4.13. The molecule has 1 atom stereocenters. The number of hydrogen-bond donors (Lipinski definition) is 1. The van der Waals surface area contributed by atoms with Crippen LogP contribution < -0.4 is 10.2 Å². The van der Waals surface area contributed by atoms with E-state index in [-0.39, 0.29) is 0 Å². The lowest BCUT2D eigenvalue weighted by atomic mass is 10.1. The fraction of sp³-hybridized carbons (Fsp3) is 0.400. The van der Waals surface area contributed by atoms with E-state index >= 15 is 0 Å². The van der Waals surface area contributed by atoms with Crippen molar-refractivity contribution < 1.29 is 0 Å². The van der Waals surface area contributed by atoms with Crippen molar-refractivity contribution in [2.75, 3.05) is 24.3 Å². The quantitative estimate of drug-likeness (QED) is 0.898. The average molecular weight is 273 g/mol. The van der Waals surface area contributed by atoms with E-state index in [9.17, 15) is 0 Å². The van der Waals surface area contributed by atoms with E-state index in [4.69, 9.17) is 0 Å². The predicted molar refractivity (Wildman–Crippen MR) is 82.0 cm³/mol. The number of nitrogens with one attached hydrogen (secondary N) is 1. The van der Waals surface area contributed by atoms with Gasteiger partial charge >= 0.3 is 0 Å². The Morgan fingerprint density at radius 2 is 2.21 bits per heavy atom. The van der Waals surface area contributed by atoms with Crippen LogP contribution in [0.1, 0.15) is 23.8 Å². The van der Waals surface area contributed by atoms with Gasteiger partial charge in [0.1, 0.15) is 0 Å². The summed E-state index contributed by atoms with van der Waals surface area (Å²) in [5.74, 6) is 0.772. The van der Waals surface area contributed by atoms with E-state index in [2.05, 4.69) is 52.9 Å². The molecule has 0 aliphatic heterocycles. The van der Waals surface area contributed by atoms with Crippen LogP contribution >= 0.6 is 11.3 Å². The number of hydrogen-bond acceptors (Lipinski definition) is 4. The van der Waals surface area contributed by atoms with Crippen LogP contribution in [0.25, 0.3) is 0 Å². The Hall–Kier alpha value is -1.55. The van der Waals surface area contributed by atoms with Crippen LogP contribution in [0.2, 0.25) is 0 Å². The second-order valence-corrected chi connectivity index (χ2v) is 6.24. The van der Waals surface area contributed by atoms with Crippen LogP contribution in [0.3, 0.4) is 0 Å². The van der Waals surface area contributed by atoms with Gasteiger partial charge in [-0.05, 0) is 36.3 Å². The molecule has 19 heavy (non-hydrogen) atoms. The molecule has 1 aliphatic rings. The number of anilines is 2. The van der Waals surface area contributed by atoms with Crippen molar-refractivity contribution in [3.63, 3.8) is 0 Å². The maximum atomic E-state index is 4.26. The summed E-state index contributed by atoms with van der Waals surface area (Å²) >= 11 is 1.84. The maximum Gasteiger partial charge on any atom is 0.0769 e. The molecule has 0 amide bonds. The molecule has 3 nitrogen and oxygen atoms in total. The number of rotatable bonds is 5. The standard InChI is InChI=1S/C15H19N3S/c1-18(2)13-7-8-16-10-12(13)17-15(11-5-6-11)14-4-3-9-19-14/h3-4,7-11,15,17H,5-6H2,1-2H3. The molecule has 4 heteroatoms. The minimum atomic E-state index is 0.433. The lowest BCUT2D eigenvalue weighted by Gasteiger charge is -2.23. The molecule has 1 aliphatic carbocycles. The first-order valence-electron chi connectivity index (χ1n) is 6.67. The second kappa shape index (κ2) is 5.21. The van der Waals surface area contributed by atoms with Crippen LogP contribution in [-0.4, -0.2) is 19.1 Å². The van der Waals surface area contributed by atoms with Gasteiger partial charge in [-0.3, -0.25) is 4.98 Å². The molecule has 100 valence electrons. The second-order valence-electron chi connectivity index (χ2n) is 5.26. The highest BCUT2D eigenvalue weighted by Crippen LogP contribution is 2.44. The number of thiophene rings is 1. The molecule has 1 N–H and O–H groups in total. The zero-order valence-electron chi connectivity index (χ0n) is 11.3. The Morgan fingerprint density at radius 3 is 2.84 bits per heavy atom. The van der Waals surface area contributed by atoms with E-state index in [1.807, 2.05) is 23.7 Å². The Labute approximate surface area is 118 Å². The van der Waals surface area contributed by atoms with Crippen LogP contribution in [0.5, 0.6) is 0 Å². The van der Waals surface area contributed by atoms with E-state index in [0.717, 1.165) is 11.6 Å². The van der Waals surface area contributed by atoms with Gasteiger partial charge in [-0.2, -0.15) is 0 Å². The molecule has 0 bridgehead atoms. The molecule has 1 fully saturated rings. The Morgan fingerprint density at radius 1 is 1.37 bits per heavy atom. The highest BCUT2D eigenvalue weighted by Gasteiger charge is 2.33. The number of pyridine rings is 1. The van der Waals surface area contributed by atoms with Crippen LogP contribution in [0.15, 0.2) is 36.0 Å². The van der Waals surface area contributed by atoms with Crippen molar-refractivity contribution >= 4 is 22.7 Å². The zero-order chi connectivity index (χ0) is 13.2. The van der Waals surface area contributed by atoms with Gasteiger partial charge in [-0.1, -0.05) is 6.07 Å². The molecule has 2 aromatic heterocycles. The number of aromatic nitrogens is 1. The monoisotopic (exact) mass is 273 g/mol. The third kappa shape index (κ3) is 2.73. The largest absolute Gasteiger partial charge is 0.376 e. The van der Waals surface area contributed by atoms with Crippen molar-refractivity contribution in [1.82, 2.24) is 4.98 Å². The normalized spacial score (nSPS) is 16.1. The SMILES string of the molecule is CN(C)c1ccncc1NC(c1cccs1)C1CC1. The Balaban J connectivity index is 1.86. The summed E-state index contributed by atoms with van der Waals surface area (Å²) in [4.78, 5) is 7.81. The first-order valence-corrected chi connectivity index (χ1v) is 7.55. The highest BCUT2D eigenvalue weighted by molar-refractivity contribution is 7.10. The third-order valence-corrected chi connectivity index (χ3v) is 4.49. The molecule has 0 radical (unpaired) electrons. The summed E-state index contributed by atoms with van der Waals surface area (Å²) in [5, 5.41) is 5.85. The van der Waals surface area contributed by atoms with Gasteiger partial charge in [0.15, 0.2) is 0 Å². The van der Waals surface area contributed by atoms with Crippen molar-refractivity contribution in [2.24, 2.45) is 5.92 Å². The van der Waals surface area contributed by atoms with E-state index < -0.39 is 0 Å². The molecule has 1 saturated carbocycles. The van der Waals surface area contributed by atoms with E-state index in [1.54, 1.807) is 0 Å². The highest BCUT2D eigenvalue weighted by atomic mass is 32.1. The lowest BCUT2D eigenvalue weighted by Crippen LogP contribution is -2.16. The minimum absolute atomic E-state index is 0.433. The third-order valence-electron chi connectivity index (χ3n) is 3.53. The van der Waals surface area contributed by atoms with Gasteiger partial charge in [0.2, 0.25) is 0 Å². The summed E-state index contributed by atoms with van der Waals surface area (Å²) in [6.45, 7) is 0. The Kier molecular flexibility index (Phi) is 3.42.